The number of anilines is 2. The first kappa shape index (κ1) is 18.4. The van der Waals surface area contributed by atoms with Crippen LogP contribution in [0, 0.1) is 17.6 Å². The predicted molar refractivity (Wildman–Crippen MR) is 87.9 cm³/mol. The van der Waals surface area contributed by atoms with Crippen molar-refractivity contribution in [2.45, 2.75) is 30.8 Å². The van der Waals surface area contributed by atoms with E-state index in [0.29, 0.717) is 0 Å². The molecule has 1 unspecified atom stereocenters. The predicted octanol–water partition coefficient (Wildman–Crippen LogP) is 0.0121. The summed E-state index contributed by atoms with van der Waals surface area (Å²) in [6, 6.07) is 2.41. The summed E-state index contributed by atoms with van der Waals surface area (Å²) in [5.41, 5.74) is 5.65. The lowest BCUT2D eigenvalue weighted by Crippen LogP contribution is -2.42. The van der Waals surface area contributed by atoms with Crippen molar-refractivity contribution in [3.8, 4) is 0 Å². The van der Waals surface area contributed by atoms with Gasteiger partial charge in [-0.2, -0.15) is 4.98 Å². The molecule has 1 aromatic carbocycles. The number of hydrogen-bond donors (Lipinski definition) is 4. The van der Waals surface area contributed by atoms with Crippen LogP contribution in [-0.2, 0) is 0 Å². The highest BCUT2D eigenvalue weighted by Crippen LogP contribution is 2.39. The fraction of sp³-hybridized carbons (Fsp3) is 0.438. The third-order valence-corrected chi connectivity index (χ3v) is 4.78. The lowest BCUT2D eigenvalue weighted by Gasteiger charge is -2.27. The topological polar surface area (TPSA) is 129 Å². The largest absolute Gasteiger partial charge is 0.390 e. The molecule has 1 heterocycles. The van der Waals surface area contributed by atoms with E-state index >= 15 is 0 Å². The van der Waals surface area contributed by atoms with Crippen LogP contribution >= 0.6 is 0 Å². The van der Waals surface area contributed by atoms with E-state index in [4.69, 9.17) is 5.73 Å². The molecule has 1 aliphatic rings. The van der Waals surface area contributed by atoms with Crippen molar-refractivity contribution in [1.82, 2.24) is 15.0 Å². The van der Waals surface area contributed by atoms with Gasteiger partial charge in [0.1, 0.15) is 12.4 Å². The molecule has 26 heavy (non-hydrogen) atoms. The number of aliphatic hydroxyl groups excluding tert-OH is 3. The van der Waals surface area contributed by atoms with Gasteiger partial charge in [-0.3, -0.25) is 0 Å². The van der Waals surface area contributed by atoms with E-state index in [-0.39, 0.29) is 23.9 Å². The Balaban J connectivity index is 1.81. The van der Waals surface area contributed by atoms with Crippen LogP contribution in [0.5, 0.6) is 0 Å². The van der Waals surface area contributed by atoms with Gasteiger partial charge in [-0.15, -0.1) is 0 Å². The number of nitrogens with zero attached hydrogens (tertiary/aromatic N) is 4. The monoisotopic (exact) mass is 367 g/mol. The number of hydrogen-bond acceptors (Lipinski definition) is 8. The Labute approximate surface area is 148 Å². The normalized spacial score (nSPS) is 26.7. The van der Waals surface area contributed by atoms with Crippen molar-refractivity contribution >= 4 is 11.9 Å². The average molecular weight is 367 g/mol. The molecule has 140 valence electrons. The zero-order chi connectivity index (χ0) is 19.0. The fourth-order valence-corrected chi connectivity index (χ4v) is 3.30. The molecule has 3 rings (SSSR count). The van der Waals surface area contributed by atoms with Crippen molar-refractivity contribution < 1.29 is 24.1 Å². The molecule has 5 atom stereocenters. The summed E-state index contributed by atoms with van der Waals surface area (Å²) >= 11 is 0. The Hall–Kier alpha value is -2.43. The fourth-order valence-electron chi connectivity index (χ4n) is 3.30. The van der Waals surface area contributed by atoms with Gasteiger partial charge >= 0.3 is 0 Å². The van der Waals surface area contributed by atoms with Crippen LogP contribution in [0.15, 0.2) is 24.5 Å². The minimum Gasteiger partial charge on any atom is -0.390 e. The first-order valence-corrected chi connectivity index (χ1v) is 7.96. The van der Waals surface area contributed by atoms with Gasteiger partial charge in [0, 0.05) is 13.0 Å². The van der Waals surface area contributed by atoms with Crippen molar-refractivity contribution in [3.05, 3.63) is 41.7 Å². The summed E-state index contributed by atoms with van der Waals surface area (Å²) < 4.78 is 26.5. The number of rotatable bonds is 4. The van der Waals surface area contributed by atoms with Gasteiger partial charge in [0.05, 0.1) is 18.2 Å². The highest BCUT2D eigenvalue weighted by Gasteiger charge is 2.47. The third kappa shape index (κ3) is 3.30. The SMILES string of the molecule is CN(c1ncnc(N)n1)[C@@H]1C[C@H](C(O)c2ccc(F)c(F)c2)[C@@H](O)[C@H]1O. The second kappa shape index (κ2) is 7.06. The van der Waals surface area contributed by atoms with Crippen LogP contribution in [0.4, 0.5) is 20.7 Å². The van der Waals surface area contributed by atoms with E-state index in [2.05, 4.69) is 15.0 Å². The van der Waals surface area contributed by atoms with Crippen LogP contribution in [0.1, 0.15) is 18.1 Å². The molecule has 10 heteroatoms. The number of aliphatic hydroxyl groups is 3. The average Bonchev–Trinajstić information content (AvgIpc) is 2.91. The molecule has 5 N–H and O–H groups in total. The van der Waals surface area contributed by atoms with E-state index in [9.17, 15) is 24.1 Å². The Morgan fingerprint density at radius 1 is 1.19 bits per heavy atom. The minimum atomic E-state index is -1.28. The number of nitrogens with two attached hydrogens (primary N) is 1. The van der Waals surface area contributed by atoms with Crippen LogP contribution in [0.2, 0.25) is 0 Å². The molecule has 0 amide bonds. The van der Waals surface area contributed by atoms with E-state index < -0.39 is 41.9 Å². The van der Waals surface area contributed by atoms with Crippen LogP contribution < -0.4 is 10.6 Å². The van der Waals surface area contributed by atoms with Gasteiger partial charge in [-0.25, -0.2) is 18.7 Å². The minimum absolute atomic E-state index is 0.00765. The molecule has 2 aromatic rings. The Morgan fingerprint density at radius 2 is 1.92 bits per heavy atom. The standard InChI is InChI=1S/C16H19F2N5O3/c1-23(16-21-6-20-15(19)22-16)11-5-8(13(25)14(11)26)12(24)7-2-3-9(17)10(18)4-7/h2-4,6,8,11-14,24-26H,5H2,1H3,(H2,19,20,21,22)/t8-,11-,12?,13-,14+/m1/s1. The van der Waals surface area contributed by atoms with Gasteiger partial charge in [0.2, 0.25) is 11.9 Å². The summed E-state index contributed by atoms with van der Waals surface area (Å²) in [5.74, 6) is -2.70. The summed E-state index contributed by atoms with van der Waals surface area (Å²) in [5, 5.41) is 31.2. The molecule has 1 fully saturated rings. The molecular formula is C16H19F2N5O3. The summed E-state index contributed by atoms with van der Waals surface area (Å²) in [7, 11) is 1.61. The number of nitrogen functional groups attached to an aromatic ring is 1. The number of likely N-dealkylation sites (N-methyl/N-ethyl adjacent to an activating group) is 1. The Bertz CT molecular complexity index is 796. The number of benzene rings is 1. The van der Waals surface area contributed by atoms with Crippen LogP contribution in [0.25, 0.3) is 0 Å². The molecular weight excluding hydrogens is 348 g/mol. The zero-order valence-corrected chi connectivity index (χ0v) is 13.9. The van der Waals surface area contributed by atoms with Crippen LogP contribution in [0.3, 0.4) is 0 Å². The maximum absolute atomic E-state index is 13.4. The van der Waals surface area contributed by atoms with Gasteiger partial charge in [0.15, 0.2) is 11.6 Å². The van der Waals surface area contributed by atoms with Crippen molar-refractivity contribution in [1.29, 1.82) is 0 Å². The van der Waals surface area contributed by atoms with E-state index in [1.807, 2.05) is 0 Å². The Kier molecular flexibility index (Phi) is 4.99. The smallest absolute Gasteiger partial charge is 0.230 e. The molecule has 1 saturated carbocycles. The van der Waals surface area contributed by atoms with Crippen molar-refractivity contribution in [3.63, 3.8) is 0 Å². The molecule has 1 aromatic heterocycles. The van der Waals surface area contributed by atoms with E-state index in [1.165, 1.54) is 17.3 Å². The molecule has 0 bridgehead atoms. The highest BCUT2D eigenvalue weighted by atomic mass is 19.2. The molecule has 0 saturated heterocycles. The number of halogens is 2. The summed E-state index contributed by atoms with van der Waals surface area (Å²) in [6.07, 6.45) is -2.37. The maximum atomic E-state index is 13.4. The first-order valence-electron chi connectivity index (χ1n) is 7.96. The first-order chi connectivity index (χ1) is 12.3. The third-order valence-electron chi connectivity index (χ3n) is 4.78. The van der Waals surface area contributed by atoms with Crippen LogP contribution in [-0.4, -0.2) is 55.6 Å². The van der Waals surface area contributed by atoms with E-state index in [0.717, 1.165) is 12.1 Å². The molecule has 1 aliphatic carbocycles. The lowest BCUT2D eigenvalue weighted by atomic mass is 9.92. The molecule has 8 nitrogen and oxygen atoms in total. The number of aromatic nitrogens is 3. The van der Waals surface area contributed by atoms with Crippen molar-refractivity contribution in [2.24, 2.45) is 5.92 Å². The van der Waals surface area contributed by atoms with Gasteiger partial charge in [-0.05, 0) is 24.1 Å². The Morgan fingerprint density at radius 3 is 2.58 bits per heavy atom. The molecule has 0 aliphatic heterocycles. The second-order valence-electron chi connectivity index (χ2n) is 6.32. The quantitative estimate of drug-likeness (QED) is 0.595. The van der Waals surface area contributed by atoms with Gasteiger partial charge < -0.3 is 26.0 Å². The van der Waals surface area contributed by atoms with Gasteiger partial charge in [0.25, 0.3) is 0 Å². The highest BCUT2D eigenvalue weighted by molar-refractivity contribution is 5.35. The van der Waals surface area contributed by atoms with Crippen molar-refractivity contribution in [2.75, 3.05) is 17.7 Å². The molecule has 0 spiro atoms. The van der Waals surface area contributed by atoms with Gasteiger partial charge in [-0.1, -0.05) is 6.07 Å². The second-order valence-corrected chi connectivity index (χ2v) is 6.32. The maximum Gasteiger partial charge on any atom is 0.230 e. The molecule has 0 radical (unpaired) electrons. The summed E-state index contributed by atoms with van der Waals surface area (Å²) in [4.78, 5) is 13.2. The zero-order valence-electron chi connectivity index (χ0n) is 13.9. The van der Waals surface area contributed by atoms with E-state index in [1.54, 1.807) is 7.05 Å². The summed E-state index contributed by atoms with van der Waals surface area (Å²) in [6.45, 7) is 0. The lowest BCUT2D eigenvalue weighted by molar-refractivity contribution is -0.0232.